The van der Waals surface area contributed by atoms with Gasteiger partial charge in [-0.25, -0.2) is 8.78 Å². The van der Waals surface area contributed by atoms with Gasteiger partial charge in [-0.1, -0.05) is 18.2 Å². The topological polar surface area (TPSA) is 26.8 Å². The van der Waals surface area contributed by atoms with Crippen LogP contribution in [0.15, 0.2) is 48.5 Å². The molecule has 1 aliphatic rings. The van der Waals surface area contributed by atoms with Crippen LogP contribution in [0.25, 0.3) is 0 Å². The van der Waals surface area contributed by atoms with Crippen molar-refractivity contribution in [3.05, 3.63) is 65.7 Å². The van der Waals surface area contributed by atoms with Gasteiger partial charge >= 0.3 is 0 Å². The number of halogens is 2. The van der Waals surface area contributed by atoms with E-state index in [1.807, 2.05) is 0 Å². The first-order valence-electron chi connectivity index (χ1n) is 8.73. The first kappa shape index (κ1) is 18.3. The number of nitrogens with zero attached hydrogens (tertiary/aromatic N) is 3. The van der Waals surface area contributed by atoms with Crippen LogP contribution in [-0.4, -0.2) is 55.5 Å². The number of anilines is 1. The number of amides is 1. The molecule has 0 bridgehead atoms. The molecule has 0 aliphatic carbocycles. The summed E-state index contributed by atoms with van der Waals surface area (Å²) in [6.07, 6.45) is 0. The van der Waals surface area contributed by atoms with Crippen molar-refractivity contribution < 1.29 is 13.6 Å². The van der Waals surface area contributed by atoms with Crippen molar-refractivity contribution in [1.29, 1.82) is 0 Å². The number of carbonyl (C=O) groups is 1. The van der Waals surface area contributed by atoms with Crippen LogP contribution in [0, 0.1) is 11.6 Å². The fraction of sp³-hybridized carbons (Fsp3) is 0.350. The molecule has 0 aromatic heterocycles. The largest absolute Gasteiger partial charge is 0.369 e. The van der Waals surface area contributed by atoms with Crippen molar-refractivity contribution >= 4 is 11.6 Å². The molecule has 0 unspecified atom stereocenters. The zero-order valence-electron chi connectivity index (χ0n) is 14.9. The van der Waals surface area contributed by atoms with Gasteiger partial charge in [0.1, 0.15) is 11.6 Å². The van der Waals surface area contributed by atoms with Gasteiger partial charge in [0.2, 0.25) is 5.91 Å². The summed E-state index contributed by atoms with van der Waals surface area (Å²) in [6, 6.07) is 13.0. The lowest BCUT2D eigenvalue weighted by Crippen LogP contribution is -2.49. The summed E-state index contributed by atoms with van der Waals surface area (Å²) >= 11 is 0. The quantitative estimate of drug-likeness (QED) is 0.821. The summed E-state index contributed by atoms with van der Waals surface area (Å²) in [5, 5.41) is 0. The Morgan fingerprint density at radius 2 is 1.65 bits per heavy atom. The Balaban J connectivity index is 1.48. The minimum Gasteiger partial charge on any atom is -0.369 e. The molecule has 2 aromatic carbocycles. The fourth-order valence-electron chi connectivity index (χ4n) is 3.10. The maximum absolute atomic E-state index is 13.7. The van der Waals surface area contributed by atoms with E-state index in [4.69, 9.17) is 0 Å². The molecule has 1 amide bonds. The molecule has 0 radical (unpaired) electrons. The summed E-state index contributed by atoms with van der Waals surface area (Å²) < 4.78 is 26.7. The van der Waals surface area contributed by atoms with Crippen LogP contribution in [0.1, 0.15) is 5.56 Å². The summed E-state index contributed by atoms with van der Waals surface area (Å²) in [6.45, 7) is 3.68. The van der Waals surface area contributed by atoms with Crippen LogP contribution in [0.5, 0.6) is 0 Å². The number of likely N-dealkylation sites (N-methyl/N-ethyl adjacent to an activating group) is 1. The van der Waals surface area contributed by atoms with E-state index in [0.717, 1.165) is 31.9 Å². The molecular formula is C20H23F2N3O. The van der Waals surface area contributed by atoms with E-state index in [-0.39, 0.29) is 24.1 Å². The van der Waals surface area contributed by atoms with Crippen LogP contribution in [0.2, 0.25) is 0 Å². The van der Waals surface area contributed by atoms with Gasteiger partial charge in [0, 0.05) is 51.0 Å². The fourth-order valence-corrected chi connectivity index (χ4v) is 3.10. The first-order valence-corrected chi connectivity index (χ1v) is 8.73. The highest BCUT2D eigenvalue weighted by Gasteiger charge is 2.21. The van der Waals surface area contributed by atoms with Crippen LogP contribution in [0.3, 0.4) is 0 Å². The highest BCUT2D eigenvalue weighted by atomic mass is 19.1. The van der Waals surface area contributed by atoms with Crippen LogP contribution in [0.4, 0.5) is 14.5 Å². The van der Waals surface area contributed by atoms with Gasteiger partial charge in [0.05, 0.1) is 6.54 Å². The minimum atomic E-state index is -0.292. The summed E-state index contributed by atoms with van der Waals surface area (Å²) in [7, 11) is 1.70. The van der Waals surface area contributed by atoms with E-state index in [9.17, 15) is 13.6 Å². The van der Waals surface area contributed by atoms with Crippen molar-refractivity contribution in [3.8, 4) is 0 Å². The molecule has 4 nitrogen and oxygen atoms in total. The molecule has 0 atom stereocenters. The molecule has 2 aromatic rings. The maximum atomic E-state index is 13.7. The Kier molecular flexibility index (Phi) is 5.83. The van der Waals surface area contributed by atoms with Gasteiger partial charge in [0.15, 0.2) is 0 Å². The third kappa shape index (κ3) is 4.58. The van der Waals surface area contributed by atoms with Crippen molar-refractivity contribution in [1.82, 2.24) is 9.80 Å². The molecule has 1 heterocycles. The third-order valence-electron chi connectivity index (χ3n) is 4.71. The lowest BCUT2D eigenvalue weighted by Gasteiger charge is -2.36. The van der Waals surface area contributed by atoms with Crippen LogP contribution in [-0.2, 0) is 11.3 Å². The molecule has 1 fully saturated rings. The Bertz CT molecular complexity index is 743. The maximum Gasteiger partial charge on any atom is 0.236 e. The van der Waals surface area contributed by atoms with Crippen LogP contribution < -0.4 is 4.90 Å². The third-order valence-corrected chi connectivity index (χ3v) is 4.71. The predicted molar refractivity (Wildman–Crippen MR) is 97.9 cm³/mol. The van der Waals surface area contributed by atoms with E-state index in [1.165, 1.54) is 18.2 Å². The summed E-state index contributed by atoms with van der Waals surface area (Å²) in [5.74, 6) is -0.556. The molecular weight excluding hydrogens is 336 g/mol. The number of rotatable bonds is 5. The number of piperazine rings is 1. The second-order valence-corrected chi connectivity index (χ2v) is 6.58. The predicted octanol–water partition coefficient (Wildman–Crippen LogP) is 2.75. The highest BCUT2D eigenvalue weighted by molar-refractivity contribution is 5.78. The Labute approximate surface area is 152 Å². The van der Waals surface area contributed by atoms with Gasteiger partial charge in [-0.05, 0) is 30.3 Å². The second kappa shape index (κ2) is 8.27. The molecule has 0 spiro atoms. The zero-order valence-corrected chi connectivity index (χ0v) is 14.9. The van der Waals surface area contributed by atoms with Crippen molar-refractivity contribution in [2.45, 2.75) is 6.54 Å². The van der Waals surface area contributed by atoms with Crippen molar-refractivity contribution in [2.24, 2.45) is 0 Å². The van der Waals surface area contributed by atoms with Crippen molar-refractivity contribution in [3.63, 3.8) is 0 Å². The molecule has 26 heavy (non-hydrogen) atoms. The summed E-state index contributed by atoms with van der Waals surface area (Å²) in [4.78, 5) is 18.3. The Morgan fingerprint density at radius 3 is 2.31 bits per heavy atom. The van der Waals surface area contributed by atoms with E-state index in [0.29, 0.717) is 12.1 Å². The normalized spacial score (nSPS) is 15.1. The van der Waals surface area contributed by atoms with E-state index in [2.05, 4.69) is 9.80 Å². The number of hydrogen-bond donors (Lipinski definition) is 0. The Morgan fingerprint density at radius 1 is 1.00 bits per heavy atom. The minimum absolute atomic E-state index is 0.0246. The van der Waals surface area contributed by atoms with Gasteiger partial charge < -0.3 is 9.80 Å². The van der Waals surface area contributed by atoms with Gasteiger partial charge in [0.25, 0.3) is 0 Å². The molecule has 1 aliphatic heterocycles. The van der Waals surface area contributed by atoms with E-state index >= 15 is 0 Å². The lowest BCUT2D eigenvalue weighted by molar-refractivity contribution is -0.131. The van der Waals surface area contributed by atoms with Gasteiger partial charge in [-0.15, -0.1) is 0 Å². The standard InChI is InChI=1S/C20H23F2N3O/c1-23(14-16-4-2-3-5-19(16)22)20(26)15-24-10-12-25(13-11-24)18-8-6-17(21)7-9-18/h2-9H,10-15H2,1H3. The van der Waals surface area contributed by atoms with Gasteiger partial charge in [-0.3, -0.25) is 9.69 Å². The number of hydrogen-bond acceptors (Lipinski definition) is 3. The zero-order chi connectivity index (χ0) is 18.5. The molecule has 0 N–H and O–H groups in total. The average molecular weight is 359 g/mol. The number of carbonyl (C=O) groups excluding carboxylic acids is 1. The van der Waals surface area contributed by atoms with Crippen molar-refractivity contribution in [2.75, 3.05) is 44.7 Å². The Hall–Kier alpha value is -2.47. The molecule has 1 saturated heterocycles. The highest BCUT2D eigenvalue weighted by Crippen LogP contribution is 2.17. The molecule has 0 saturated carbocycles. The monoisotopic (exact) mass is 359 g/mol. The molecule has 6 heteroatoms. The SMILES string of the molecule is CN(Cc1ccccc1F)C(=O)CN1CCN(c2ccc(F)cc2)CC1. The molecule has 138 valence electrons. The van der Waals surface area contributed by atoms with E-state index < -0.39 is 0 Å². The lowest BCUT2D eigenvalue weighted by atomic mass is 10.2. The first-order chi connectivity index (χ1) is 12.5. The smallest absolute Gasteiger partial charge is 0.236 e. The molecule has 3 rings (SSSR count). The summed E-state index contributed by atoms with van der Waals surface area (Å²) in [5.41, 5.74) is 1.51. The average Bonchev–Trinajstić information content (AvgIpc) is 2.65. The van der Waals surface area contributed by atoms with Gasteiger partial charge in [-0.2, -0.15) is 0 Å². The van der Waals surface area contributed by atoms with Crippen LogP contribution >= 0.6 is 0 Å². The number of benzene rings is 2. The van der Waals surface area contributed by atoms with E-state index in [1.54, 1.807) is 42.3 Å². The second-order valence-electron chi connectivity index (χ2n) is 6.58.